The molecular formula is C12H15NO4. The summed E-state index contributed by atoms with van der Waals surface area (Å²) < 4.78 is 9.66. The van der Waals surface area contributed by atoms with E-state index in [1.807, 2.05) is 30.3 Å². The first-order valence-electron chi connectivity index (χ1n) is 5.20. The van der Waals surface area contributed by atoms with Crippen molar-refractivity contribution >= 4 is 12.1 Å². The van der Waals surface area contributed by atoms with Gasteiger partial charge in [0.25, 0.3) is 0 Å². The van der Waals surface area contributed by atoms with Crippen LogP contribution in [0, 0.1) is 0 Å². The molecule has 1 aromatic rings. The first-order valence-corrected chi connectivity index (χ1v) is 5.20. The van der Waals surface area contributed by atoms with Crippen molar-refractivity contribution in [3.63, 3.8) is 0 Å². The molecule has 1 rings (SSSR count). The average molecular weight is 237 g/mol. The molecule has 0 heterocycles. The van der Waals surface area contributed by atoms with Crippen molar-refractivity contribution in [3.8, 4) is 0 Å². The standard InChI is InChI=1S/C12H15NO4/c1-9(14)16-7-11(8-17-12(13)15)10-5-3-2-4-6-10/h2-6,11H,7-8H2,1H3,(H2,13,15)/t11-/m0/s1. The average Bonchev–Trinajstić information content (AvgIpc) is 2.29. The molecule has 0 aromatic heterocycles. The molecule has 0 aliphatic carbocycles. The van der Waals surface area contributed by atoms with Gasteiger partial charge in [0.15, 0.2) is 0 Å². The summed E-state index contributed by atoms with van der Waals surface area (Å²) in [5.41, 5.74) is 5.83. The van der Waals surface area contributed by atoms with Crippen molar-refractivity contribution in [3.05, 3.63) is 35.9 Å². The summed E-state index contributed by atoms with van der Waals surface area (Å²) >= 11 is 0. The molecule has 0 bridgehead atoms. The summed E-state index contributed by atoms with van der Waals surface area (Å²) in [5.74, 6) is -0.572. The number of primary amides is 1. The van der Waals surface area contributed by atoms with E-state index in [4.69, 9.17) is 15.2 Å². The van der Waals surface area contributed by atoms with E-state index in [2.05, 4.69) is 0 Å². The zero-order valence-electron chi connectivity index (χ0n) is 9.59. The Kier molecular flexibility index (Phi) is 5.00. The Balaban J connectivity index is 2.64. The number of benzene rings is 1. The number of amides is 1. The molecule has 1 aromatic carbocycles. The van der Waals surface area contributed by atoms with Gasteiger partial charge in [-0.15, -0.1) is 0 Å². The van der Waals surface area contributed by atoms with Crippen LogP contribution in [-0.2, 0) is 14.3 Å². The minimum absolute atomic E-state index is 0.0899. The Hall–Kier alpha value is -2.04. The fourth-order valence-corrected chi connectivity index (χ4v) is 1.37. The molecule has 0 radical (unpaired) electrons. The van der Waals surface area contributed by atoms with Crippen LogP contribution in [-0.4, -0.2) is 25.3 Å². The van der Waals surface area contributed by atoms with E-state index in [-0.39, 0.29) is 25.1 Å². The van der Waals surface area contributed by atoms with Crippen molar-refractivity contribution in [1.29, 1.82) is 0 Å². The maximum Gasteiger partial charge on any atom is 0.404 e. The lowest BCUT2D eigenvalue weighted by Crippen LogP contribution is -2.21. The number of hydrogen-bond acceptors (Lipinski definition) is 4. The highest BCUT2D eigenvalue weighted by molar-refractivity contribution is 5.66. The Bertz CT molecular complexity index is 359. The van der Waals surface area contributed by atoms with Crippen LogP contribution in [0.5, 0.6) is 0 Å². The van der Waals surface area contributed by atoms with Gasteiger partial charge < -0.3 is 15.2 Å². The van der Waals surface area contributed by atoms with E-state index in [0.717, 1.165) is 5.56 Å². The topological polar surface area (TPSA) is 78.6 Å². The van der Waals surface area contributed by atoms with Crippen molar-refractivity contribution in [2.24, 2.45) is 5.73 Å². The van der Waals surface area contributed by atoms with Gasteiger partial charge in [-0.05, 0) is 5.56 Å². The Labute approximate surface area is 99.5 Å². The Morgan fingerprint density at radius 3 is 2.29 bits per heavy atom. The van der Waals surface area contributed by atoms with Crippen LogP contribution in [0.4, 0.5) is 4.79 Å². The van der Waals surface area contributed by atoms with Gasteiger partial charge in [0.1, 0.15) is 13.2 Å². The fraction of sp³-hybridized carbons (Fsp3) is 0.333. The minimum Gasteiger partial charge on any atom is -0.465 e. The molecule has 5 heteroatoms. The van der Waals surface area contributed by atoms with Crippen LogP contribution in [0.2, 0.25) is 0 Å². The smallest absolute Gasteiger partial charge is 0.404 e. The van der Waals surface area contributed by atoms with Crippen LogP contribution in [0.15, 0.2) is 30.3 Å². The van der Waals surface area contributed by atoms with Gasteiger partial charge in [0.05, 0.1) is 5.92 Å². The Morgan fingerprint density at radius 1 is 1.18 bits per heavy atom. The number of ether oxygens (including phenoxy) is 2. The van der Waals surface area contributed by atoms with Crippen LogP contribution in [0.3, 0.4) is 0 Å². The lowest BCUT2D eigenvalue weighted by molar-refractivity contribution is -0.141. The first kappa shape index (κ1) is 13.0. The molecule has 1 atom stereocenters. The van der Waals surface area contributed by atoms with Gasteiger partial charge in [-0.2, -0.15) is 0 Å². The van der Waals surface area contributed by atoms with E-state index in [9.17, 15) is 9.59 Å². The molecule has 2 N–H and O–H groups in total. The molecule has 0 spiro atoms. The van der Waals surface area contributed by atoms with E-state index in [1.165, 1.54) is 6.92 Å². The van der Waals surface area contributed by atoms with Crippen LogP contribution < -0.4 is 5.73 Å². The molecule has 0 saturated carbocycles. The van der Waals surface area contributed by atoms with Gasteiger partial charge in [-0.3, -0.25) is 4.79 Å². The number of carbonyl (C=O) groups is 2. The summed E-state index contributed by atoms with van der Waals surface area (Å²) in [6.45, 7) is 1.58. The normalized spacial score (nSPS) is 11.6. The zero-order chi connectivity index (χ0) is 12.7. The number of hydrogen-bond donors (Lipinski definition) is 1. The molecule has 5 nitrogen and oxygen atoms in total. The van der Waals surface area contributed by atoms with Crippen molar-refractivity contribution < 1.29 is 19.1 Å². The van der Waals surface area contributed by atoms with Crippen molar-refractivity contribution in [2.75, 3.05) is 13.2 Å². The van der Waals surface area contributed by atoms with Crippen LogP contribution in [0.1, 0.15) is 18.4 Å². The second-order valence-corrected chi connectivity index (χ2v) is 3.54. The third-order valence-corrected chi connectivity index (χ3v) is 2.19. The molecule has 92 valence electrons. The second-order valence-electron chi connectivity index (χ2n) is 3.54. The third-order valence-electron chi connectivity index (χ3n) is 2.19. The summed E-state index contributed by atoms with van der Waals surface area (Å²) in [4.78, 5) is 21.3. The number of nitrogens with two attached hydrogens (primary N) is 1. The second kappa shape index (κ2) is 6.52. The fourth-order valence-electron chi connectivity index (χ4n) is 1.37. The monoisotopic (exact) mass is 237 g/mol. The number of esters is 1. The van der Waals surface area contributed by atoms with E-state index in [1.54, 1.807) is 0 Å². The van der Waals surface area contributed by atoms with Gasteiger partial charge in [-0.1, -0.05) is 30.3 Å². The summed E-state index contributed by atoms with van der Waals surface area (Å²) in [7, 11) is 0. The maximum absolute atomic E-state index is 10.8. The molecule has 17 heavy (non-hydrogen) atoms. The quantitative estimate of drug-likeness (QED) is 0.786. The summed E-state index contributed by atoms with van der Waals surface area (Å²) in [5, 5.41) is 0. The van der Waals surface area contributed by atoms with Gasteiger partial charge in [0.2, 0.25) is 0 Å². The number of carbonyl (C=O) groups excluding carboxylic acids is 2. The summed E-state index contributed by atoms with van der Waals surface area (Å²) in [6, 6.07) is 9.35. The molecular weight excluding hydrogens is 222 g/mol. The van der Waals surface area contributed by atoms with E-state index >= 15 is 0 Å². The maximum atomic E-state index is 10.8. The lowest BCUT2D eigenvalue weighted by atomic mass is 10.0. The SMILES string of the molecule is CC(=O)OC[C@@H](COC(N)=O)c1ccccc1. The van der Waals surface area contributed by atoms with Gasteiger partial charge in [0, 0.05) is 6.92 Å². The van der Waals surface area contributed by atoms with Crippen LogP contribution in [0.25, 0.3) is 0 Å². The Morgan fingerprint density at radius 2 is 1.76 bits per heavy atom. The highest BCUT2D eigenvalue weighted by Gasteiger charge is 2.14. The largest absolute Gasteiger partial charge is 0.465 e. The predicted octanol–water partition coefficient (Wildman–Crippen LogP) is 1.43. The van der Waals surface area contributed by atoms with Crippen molar-refractivity contribution in [1.82, 2.24) is 0 Å². The summed E-state index contributed by atoms with van der Waals surface area (Å²) in [6.07, 6.45) is -0.839. The zero-order valence-corrected chi connectivity index (χ0v) is 9.59. The number of rotatable bonds is 5. The van der Waals surface area contributed by atoms with Crippen molar-refractivity contribution in [2.45, 2.75) is 12.8 Å². The highest BCUT2D eigenvalue weighted by Crippen LogP contribution is 2.16. The molecule has 0 unspecified atom stereocenters. The van der Waals surface area contributed by atoms with Gasteiger partial charge in [-0.25, -0.2) is 4.79 Å². The minimum atomic E-state index is -0.839. The molecule has 0 saturated heterocycles. The molecule has 1 amide bonds. The molecule has 0 aliphatic rings. The first-order chi connectivity index (χ1) is 8.09. The van der Waals surface area contributed by atoms with Crippen LogP contribution >= 0.6 is 0 Å². The highest BCUT2D eigenvalue weighted by atomic mass is 16.6. The van der Waals surface area contributed by atoms with E-state index in [0.29, 0.717) is 0 Å². The van der Waals surface area contributed by atoms with E-state index < -0.39 is 6.09 Å². The molecule has 0 aliphatic heterocycles. The third kappa shape index (κ3) is 5.01. The van der Waals surface area contributed by atoms with Gasteiger partial charge >= 0.3 is 12.1 Å². The molecule has 0 fully saturated rings. The predicted molar refractivity (Wildman–Crippen MR) is 61.4 cm³/mol. The lowest BCUT2D eigenvalue weighted by Gasteiger charge is -2.16.